The van der Waals surface area contributed by atoms with Crippen LogP contribution in [0, 0.1) is 0 Å². The summed E-state index contributed by atoms with van der Waals surface area (Å²) in [5.41, 5.74) is 0.987. The van der Waals surface area contributed by atoms with Crippen molar-refractivity contribution in [2.45, 2.75) is 6.54 Å². The molecule has 0 aliphatic carbocycles. The fourth-order valence-electron chi connectivity index (χ4n) is 0.837. The fraction of sp³-hybridized carbons (Fsp3) is 0.222. The van der Waals surface area contributed by atoms with Crippen molar-refractivity contribution in [3.8, 4) is 0 Å². The first-order valence-corrected chi connectivity index (χ1v) is 5.00. The second-order valence-corrected chi connectivity index (χ2v) is 4.04. The summed E-state index contributed by atoms with van der Waals surface area (Å²) < 4.78 is 0.984. The van der Waals surface area contributed by atoms with Crippen molar-refractivity contribution >= 4 is 27.5 Å². The molecule has 0 amide bonds. The number of nitrogens with zero attached hydrogens (tertiary/aromatic N) is 1. The minimum atomic E-state index is 0.608. The third-order valence-electron chi connectivity index (χ3n) is 1.41. The number of pyridine rings is 1. The van der Waals surface area contributed by atoms with Gasteiger partial charge in [-0.05, 0) is 28.1 Å². The molecule has 1 N–H and O–H groups in total. The average molecular weight is 262 g/mol. The molecule has 0 aromatic carbocycles. The maximum Gasteiger partial charge on any atom is 0.0542 e. The van der Waals surface area contributed by atoms with E-state index < -0.39 is 0 Å². The van der Waals surface area contributed by atoms with Gasteiger partial charge in [-0.3, -0.25) is 4.98 Å². The Morgan fingerprint density at radius 3 is 2.92 bits per heavy atom. The molecule has 1 aromatic heterocycles. The molecule has 0 atom stereocenters. The molecule has 1 heterocycles. The Kier molecular flexibility index (Phi) is 4.42. The van der Waals surface area contributed by atoms with E-state index in [1.165, 1.54) is 0 Å². The highest BCUT2D eigenvalue weighted by Crippen LogP contribution is 2.07. The summed E-state index contributed by atoms with van der Waals surface area (Å²) in [5.74, 6) is 0. The van der Waals surface area contributed by atoms with Gasteiger partial charge in [-0.2, -0.15) is 0 Å². The summed E-state index contributed by atoms with van der Waals surface area (Å²) in [6, 6.07) is 3.91. The Morgan fingerprint density at radius 2 is 2.38 bits per heavy atom. The van der Waals surface area contributed by atoms with Crippen LogP contribution in [0.4, 0.5) is 0 Å². The first-order chi connectivity index (χ1) is 6.18. The Balaban J connectivity index is 2.37. The highest BCUT2D eigenvalue weighted by Gasteiger charge is 1.94. The summed E-state index contributed by atoms with van der Waals surface area (Å²) >= 11 is 8.90. The number of nitrogens with one attached hydrogen (secondary N) is 1. The second-order valence-electron chi connectivity index (χ2n) is 2.59. The van der Waals surface area contributed by atoms with Gasteiger partial charge in [0.05, 0.1) is 5.69 Å². The molecule has 13 heavy (non-hydrogen) atoms. The van der Waals surface area contributed by atoms with Gasteiger partial charge in [0.2, 0.25) is 0 Å². The van der Waals surface area contributed by atoms with Crippen LogP contribution in [0.15, 0.2) is 34.4 Å². The third kappa shape index (κ3) is 4.41. The summed E-state index contributed by atoms with van der Waals surface area (Å²) in [7, 11) is 0. The van der Waals surface area contributed by atoms with Crippen molar-refractivity contribution in [1.29, 1.82) is 0 Å². The molecule has 4 heteroatoms. The predicted octanol–water partition coefficient (Wildman–Crippen LogP) is 2.69. The first kappa shape index (κ1) is 10.7. The average Bonchev–Trinajstić information content (AvgIpc) is 2.08. The third-order valence-corrected chi connectivity index (χ3v) is 2.01. The molecule has 0 unspecified atom stereocenters. The van der Waals surface area contributed by atoms with Crippen molar-refractivity contribution in [3.63, 3.8) is 0 Å². The lowest BCUT2D eigenvalue weighted by molar-refractivity contribution is 0.735. The Bertz CT molecular complexity index is 284. The topological polar surface area (TPSA) is 24.9 Å². The molecule has 70 valence electrons. The van der Waals surface area contributed by atoms with Crippen LogP contribution in [-0.4, -0.2) is 11.5 Å². The van der Waals surface area contributed by atoms with E-state index in [1.807, 2.05) is 12.1 Å². The van der Waals surface area contributed by atoms with Crippen LogP contribution in [0.2, 0.25) is 0 Å². The molecule has 0 saturated carbocycles. The van der Waals surface area contributed by atoms with Crippen LogP contribution in [-0.2, 0) is 6.54 Å². The van der Waals surface area contributed by atoms with Gasteiger partial charge >= 0.3 is 0 Å². The van der Waals surface area contributed by atoms with Crippen molar-refractivity contribution in [3.05, 3.63) is 40.1 Å². The summed E-state index contributed by atoms with van der Waals surface area (Å²) in [6.07, 6.45) is 1.77. The van der Waals surface area contributed by atoms with Gasteiger partial charge < -0.3 is 5.32 Å². The van der Waals surface area contributed by atoms with Crippen molar-refractivity contribution < 1.29 is 0 Å². The SMILES string of the molecule is C=C(Cl)CNCc1ccc(Br)cn1. The Labute approximate surface area is 91.1 Å². The van der Waals surface area contributed by atoms with E-state index in [0.29, 0.717) is 18.1 Å². The number of aromatic nitrogens is 1. The van der Waals surface area contributed by atoms with E-state index in [-0.39, 0.29) is 0 Å². The van der Waals surface area contributed by atoms with Crippen molar-refractivity contribution in [2.24, 2.45) is 0 Å². The predicted molar refractivity (Wildman–Crippen MR) is 58.6 cm³/mol. The number of rotatable bonds is 4. The van der Waals surface area contributed by atoms with Crippen molar-refractivity contribution in [2.75, 3.05) is 6.54 Å². The highest BCUT2D eigenvalue weighted by atomic mass is 79.9. The minimum Gasteiger partial charge on any atom is -0.306 e. The zero-order chi connectivity index (χ0) is 9.68. The van der Waals surface area contributed by atoms with Gasteiger partial charge in [0.1, 0.15) is 0 Å². The normalized spacial score (nSPS) is 10.0. The van der Waals surface area contributed by atoms with Crippen molar-refractivity contribution in [1.82, 2.24) is 10.3 Å². The van der Waals surface area contributed by atoms with Crippen LogP contribution in [0.1, 0.15) is 5.69 Å². The van der Waals surface area contributed by atoms with Gasteiger partial charge in [-0.1, -0.05) is 18.2 Å². The zero-order valence-corrected chi connectivity index (χ0v) is 9.40. The van der Waals surface area contributed by atoms with E-state index in [4.69, 9.17) is 11.6 Å². The van der Waals surface area contributed by atoms with Crippen LogP contribution >= 0.6 is 27.5 Å². The largest absolute Gasteiger partial charge is 0.306 e. The van der Waals surface area contributed by atoms with Gasteiger partial charge in [-0.15, -0.1) is 0 Å². The fourth-order valence-corrected chi connectivity index (χ4v) is 1.17. The van der Waals surface area contributed by atoms with Gasteiger partial charge in [-0.25, -0.2) is 0 Å². The van der Waals surface area contributed by atoms with Crippen LogP contribution < -0.4 is 5.32 Å². The summed E-state index contributed by atoms with van der Waals surface area (Å²) in [4.78, 5) is 4.19. The van der Waals surface area contributed by atoms with Gasteiger partial charge in [0.25, 0.3) is 0 Å². The van der Waals surface area contributed by atoms with Gasteiger partial charge in [0.15, 0.2) is 0 Å². The molecule has 1 aromatic rings. The maximum atomic E-state index is 5.58. The lowest BCUT2D eigenvalue weighted by atomic mass is 10.3. The van der Waals surface area contributed by atoms with E-state index in [1.54, 1.807) is 6.20 Å². The number of hydrogen-bond acceptors (Lipinski definition) is 2. The molecule has 0 fully saturated rings. The second kappa shape index (κ2) is 5.37. The summed E-state index contributed by atoms with van der Waals surface area (Å²) in [6.45, 7) is 4.89. The Hall–Kier alpha value is -0.380. The standard InChI is InChI=1S/C9H10BrClN2/c1-7(11)4-12-6-9-3-2-8(10)5-13-9/h2-3,5,12H,1,4,6H2. The van der Waals surface area contributed by atoms with Crippen LogP contribution in [0.3, 0.4) is 0 Å². The number of hydrogen-bond donors (Lipinski definition) is 1. The van der Waals surface area contributed by atoms with E-state index in [9.17, 15) is 0 Å². The quantitative estimate of drug-likeness (QED) is 0.901. The molecule has 0 aliphatic rings. The number of halogens is 2. The molecule has 0 aliphatic heterocycles. The molecule has 0 bridgehead atoms. The van der Waals surface area contributed by atoms with Crippen LogP contribution in [0.5, 0.6) is 0 Å². The molecule has 1 rings (SSSR count). The molecule has 0 saturated heterocycles. The minimum absolute atomic E-state index is 0.608. The Morgan fingerprint density at radius 1 is 1.62 bits per heavy atom. The zero-order valence-electron chi connectivity index (χ0n) is 7.06. The maximum absolute atomic E-state index is 5.58. The molecule has 0 spiro atoms. The molecule has 0 radical (unpaired) electrons. The smallest absolute Gasteiger partial charge is 0.0542 e. The molecular formula is C9H10BrClN2. The van der Waals surface area contributed by atoms with Gasteiger partial charge in [0, 0.05) is 28.8 Å². The summed E-state index contributed by atoms with van der Waals surface area (Å²) in [5, 5.41) is 3.72. The lowest BCUT2D eigenvalue weighted by Gasteiger charge is -2.02. The van der Waals surface area contributed by atoms with E-state index in [2.05, 4.69) is 32.8 Å². The highest BCUT2D eigenvalue weighted by molar-refractivity contribution is 9.10. The first-order valence-electron chi connectivity index (χ1n) is 3.83. The molecule has 2 nitrogen and oxygen atoms in total. The monoisotopic (exact) mass is 260 g/mol. The van der Waals surface area contributed by atoms with Crippen LogP contribution in [0.25, 0.3) is 0 Å². The lowest BCUT2D eigenvalue weighted by Crippen LogP contribution is -2.15. The molecular weight excluding hydrogens is 251 g/mol. The van der Waals surface area contributed by atoms with E-state index >= 15 is 0 Å². The van der Waals surface area contributed by atoms with E-state index in [0.717, 1.165) is 10.2 Å².